The number of ether oxygens (including phenoxy) is 2. The monoisotopic (exact) mass is 465 g/mol. The molecule has 3 aromatic rings. The number of carbonyl (C=O) groups is 1. The van der Waals surface area contributed by atoms with E-state index in [-0.39, 0.29) is 18.0 Å². The molecule has 0 radical (unpaired) electrons. The number of fused-ring (bicyclic) bond motifs is 1. The van der Waals surface area contributed by atoms with E-state index in [1.54, 1.807) is 12.1 Å². The molecular weight excluding hydrogens is 438 g/mol. The van der Waals surface area contributed by atoms with Crippen molar-refractivity contribution in [2.24, 2.45) is 0 Å². The zero-order valence-electron chi connectivity index (χ0n) is 18.6. The summed E-state index contributed by atoms with van der Waals surface area (Å²) in [4.78, 5) is 15.2. The Bertz CT molecular complexity index is 1110. The van der Waals surface area contributed by atoms with Crippen LogP contribution in [0.3, 0.4) is 0 Å². The number of nitrogens with one attached hydrogen (secondary N) is 1. The van der Waals surface area contributed by atoms with E-state index >= 15 is 0 Å². The molecule has 0 saturated carbocycles. The second-order valence-electron chi connectivity index (χ2n) is 8.22. The molecule has 33 heavy (non-hydrogen) atoms. The predicted molar refractivity (Wildman–Crippen MR) is 128 cm³/mol. The number of anilines is 2. The number of nitrogens with zero attached hydrogens (tertiary/aromatic N) is 4. The van der Waals surface area contributed by atoms with Gasteiger partial charge in [-0.05, 0) is 43.9 Å². The number of hydrogen-bond acceptors (Lipinski definition) is 7. The molecule has 1 unspecified atom stereocenters. The molecule has 172 valence electrons. The summed E-state index contributed by atoms with van der Waals surface area (Å²) >= 11 is 1.42. The topological polar surface area (TPSA) is 81.5 Å². The fourth-order valence-electron chi connectivity index (χ4n) is 4.03. The van der Waals surface area contributed by atoms with Crippen LogP contribution in [0.5, 0.6) is 11.5 Å². The molecule has 1 saturated heterocycles. The van der Waals surface area contributed by atoms with Gasteiger partial charge in [0.15, 0.2) is 16.7 Å². The number of piperidine rings is 1. The Morgan fingerprint density at radius 1 is 1.06 bits per heavy atom. The molecule has 1 atom stereocenters. The average molecular weight is 466 g/mol. The lowest BCUT2D eigenvalue weighted by Crippen LogP contribution is -2.32. The summed E-state index contributed by atoms with van der Waals surface area (Å²) in [6, 6.07) is 15.7. The van der Waals surface area contributed by atoms with Gasteiger partial charge in [0.2, 0.25) is 18.6 Å². The highest BCUT2D eigenvalue weighted by Crippen LogP contribution is 2.35. The molecule has 1 N–H and O–H groups in total. The SMILES string of the molecule is CC(Sc1nnc(N2CCCCC2)n1Cc1ccccc1)C(=O)Nc1ccc2c(c1)OCO2. The van der Waals surface area contributed by atoms with E-state index in [2.05, 4.69) is 37.1 Å². The van der Waals surface area contributed by atoms with Gasteiger partial charge in [-0.2, -0.15) is 0 Å². The third-order valence-electron chi connectivity index (χ3n) is 5.81. The molecule has 0 spiro atoms. The van der Waals surface area contributed by atoms with Gasteiger partial charge in [-0.1, -0.05) is 42.1 Å². The van der Waals surface area contributed by atoms with Crippen LogP contribution in [0.2, 0.25) is 0 Å². The van der Waals surface area contributed by atoms with Crippen LogP contribution in [0.15, 0.2) is 53.7 Å². The Morgan fingerprint density at radius 2 is 1.85 bits per heavy atom. The van der Waals surface area contributed by atoms with Crippen molar-refractivity contribution in [1.82, 2.24) is 14.8 Å². The van der Waals surface area contributed by atoms with Gasteiger partial charge >= 0.3 is 0 Å². The fraction of sp³-hybridized carbons (Fsp3) is 0.375. The number of amides is 1. The number of aromatic nitrogens is 3. The fourth-order valence-corrected chi connectivity index (χ4v) is 4.87. The number of hydrogen-bond donors (Lipinski definition) is 1. The van der Waals surface area contributed by atoms with Gasteiger partial charge in [0.25, 0.3) is 0 Å². The molecular formula is C24H27N5O3S. The molecule has 2 aliphatic heterocycles. The number of benzene rings is 2. The van der Waals surface area contributed by atoms with Crippen LogP contribution in [-0.4, -0.2) is 45.8 Å². The molecule has 5 rings (SSSR count). The first kappa shape index (κ1) is 21.6. The molecule has 2 aliphatic rings. The molecule has 8 nitrogen and oxygen atoms in total. The van der Waals surface area contributed by atoms with Crippen molar-refractivity contribution in [2.75, 3.05) is 30.1 Å². The first-order valence-corrected chi connectivity index (χ1v) is 12.1. The second kappa shape index (κ2) is 9.74. The van der Waals surface area contributed by atoms with Gasteiger partial charge in [-0.15, -0.1) is 10.2 Å². The highest BCUT2D eigenvalue weighted by atomic mass is 32.2. The molecule has 3 heterocycles. The first-order chi connectivity index (χ1) is 16.2. The van der Waals surface area contributed by atoms with Gasteiger partial charge < -0.3 is 19.7 Å². The summed E-state index contributed by atoms with van der Waals surface area (Å²) in [5.74, 6) is 2.11. The Balaban J connectivity index is 1.33. The van der Waals surface area contributed by atoms with Crippen LogP contribution in [-0.2, 0) is 11.3 Å². The first-order valence-electron chi connectivity index (χ1n) is 11.3. The highest BCUT2D eigenvalue weighted by Gasteiger charge is 2.24. The van der Waals surface area contributed by atoms with Crippen molar-refractivity contribution in [3.63, 3.8) is 0 Å². The lowest BCUT2D eigenvalue weighted by Gasteiger charge is -2.28. The van der Waals surface area contributed by atoms with Crippen LogP contribution >= 0.6 is 11.8 Å². The van der Waals surface area contributed by atoms with Crippen LogP contribution < -0.4 is 19.7 Å². The van der Waals surface area contributed by atoms with Gasteiger partial charge in [-0.3, -0.25) is 9.36 Å². The van der Waals surface area contributed by atoms with E-state index in [1.165, 1.54) is 23.7 Å². The third kappa shape index (κ3) is 4.93. The Labute approximate surface area is 197 Å². The van der Waals surface area contributed by atoms with Crippen LogP contribution in [0, 0.1) is 0 Å². The summed E-state index contributed by atoms with van der Waals surface area (Å²) in [5, 5.41) is 12.4. The van der Waals surface area contributed by atoms with Crippen LogP contribution in [0.1, 0.15) is 31.7 Å². The van der Waals surface area contributed by atoms with Crippen molar-refractivity contribution in [1.29, 1.82) is 0 Å². The third-order valence-corrected chi connectivity index (χ3v) is 6.89. The zero-order valence-corrected chi connectivity index (χ0v) is 19.4. The van der Waals surface area contributed by atoms with Gasteiger partial charge in [0.1, 0.15) is 0 Å². The Hall–Kier alpha value is -3.20. The van der Waals surface area contributed by atoms with E-state index in [0.717, 1.165) is 37.0 Å². The number of carbonyl (C=O) groups excluding carboxylic acids is 1. The Kier molecular flexibility index (Phi) is 6.39. The maximum absolute atomic E-state index is 12.9. The molecule has 0 aliphatic carbocycles. The van der Waals surface area contributed by atoms with Gasteiger partial charge in [-0.25, -0.2) is 0 Å². The zero-order chi connectivity index (χ0) is 22.6. The summed E-state index contributed by atoms with van der Waals surface area (Å²) in [6.45, 7) is 4.72. The van der Waals surface area contributed by atoms with Gasteiger partial charge in [0.05, 0.1) is 11.8 Å². The van der Waals surface area contributed by atoms with Crippen LogP contribution in [0.4, 0.5) is 11.6 Å². The highest BCUT2D eigenvalue weighted by molar-refractivity contribution is 8.00. The van der Waals surface area contributed by atoms with Crippen molar-refractivity contribution in [3.8, 4) is 11.5 Å². The van der Waals surface area contributed by atoms with E-state index in [1.807, 2.05) is 31.2 Å². The van der Waals surface area contributed by atoms with Gasteiger partial charge in [0, 0.05) is 24.8 Å². The van der Waals surface area contributed by atoms with Crippen molar-refractivity contribution in [3.05, 3.63) is 54.1 Å². The molecule has 1 aromatic heterocycles. The molecule has 2 aromatic carbocycles. The quantitative estimate of drug-likeness (QED) is 0.525. The van der Waals surface area contributed by atoms with Crippen molar-refractivity contribution < 1.29 is 14.3 Å². The summed E-state index contributed by atoms with van der Waals surface area (Å²) in [7, 11) is 0. The molecule has 1 amide bonds. The molecule has 9 heteroatoms. The second-order valence-corrected chi connectivity index (χ2v) is 9.53. The maximum atomic E-state index is 12.9. The summed E-state index contributed by atoms with van der Waals surface area (Å²) in [5.41, 5.74) is 1.85. The predicted octanol–water partition coefficient (Wildman–Crippen LogP) is 4.16. The maximum Gasteiger partial charge on any atom is 0.237 e. The minimum absolute atomic E-state index is 0.104. The summed E-state index contributed by atoms with van der Waals surface area (Å²) < 4.78 is 12.9. The van der Waals surface area contributed by atoms with E-state index in [4.69, 9.17) is 9.47 Å². The number of thioether (sulfide) groups is 1. The normalized spacial score (nSPS) is 16.0. The van der Waals surface area contributed by atoms with Crippen molar-refractivity contribution >= 4 is 29.3 Å². The van der Waals surface area contributed by atoms with E-state index in [9.17, 15) is 4.79 Å². The van der Waals surface area contributed by atoms with E-state index in [0.29, 0.717) is 23.7 Å². The standard InChI is InChI=1S/C24H27N5O3S/c1-17(22(30)25-19-10-11-20-21(14-19)32-16-31-20)33-24-27-26-23(28-12-6-3-7-13-28)29(24)15-18-8-4-2-5-9-18/h2,4-5,8-11,14,17H,3,6-7,12-13,15-16H2,1H3,(H,25,30). The molecule has 1 fully saturated rings. The van der Waals surface area contributed by atoms with E-state index < -0.39 is 0 Å². The van der Waals surface area contributed by atoms with Crippen LogP contribution in [0.25, 0.3) is 0 Å². The lowest BCUT2D eigenvalue weighted by atomic mass is 10.1. The lowest BCUT2D eigenvalue weighted by molar-refractivity contribution is -0.115. The van der Waals surface area contributed by atoms with Crippen molar-refractivity contribution in [2.45, 2.75) is 43.1 Å². The molecule has 0 bridgehead atoms. The summed E-state index contributed by atoms with van der Waals surface area (Å²) in [6.07, 6.45) is 3.58. The smallest absolute Gasteiger partial charge is 0.237 e. The number of rotatable bonds is 7. The minimum atomic E-state index is -0.358. The largest absolute Gasteiger partial charge is 0.454 e. The minimum Gasteiger partial charge on any atom is -0.454 e. The Morgan fingerprint density at radius 3 is 2.67 bits per heavy atom. The average Bonchev–Trinajstić information content (AvgIpc) is 3.47.